The molecule has 0 unspecified atom stereocenters. The molecule has 0 saturated carbocycles. The van der Waals surface area contributed by atoms with Gasteiger partial charge in [-0.1, -0.05) is 6.07 Å². The highest BCUT2D eigenvalue weighted by Crippen LogP contribution is 2.27. The lowest BCUT2D eigenvalue weighted by Crippen LogP contribution is -2.09. The number of rotatable bonds is 3. The van der Waals surface area contributed by atoms with Crippen molar-refractivity contribution in [2.45, 2.75) is 13.8 Å². The number of nitrogen functional groups attached to an aromatic ring is 1. The third-order valence-electron chi connectivity index (χ3n) is 2.74. The van der Waals surface area contributed by atoms with E-state index in [-0.39, 0.29) is 11.7 Å². The van der Waals surface area contributed by atoms with Gasteiger partial charge >= 0.3 is 5.97 Å². The average molecular weight is 273 g/mol. The zero-order valence-electron chi connectivity index (χ0n) is 11.5. The number of anilines is 1. The van der Waals surface area contributed by atoms with Crippen LogP contribution in [0.2, 0.25) is 0 Å². The minimum atomic E-state index is -0.608. The quantitative estimate of drug-likeness (QED) is 0.681. The molecule has 0 aliphatic heterocycles. The minimum Gasteiger partial charge on any atom is -0.463 e. The smallest absolute Gasteiger partial charge is 0.376 e. The lowest BCUT2D eigenvalue weighted by molar-refractivity contribution is 0.0585. The lowest BCUT2D eigenvalue weighted by Gasteiger charge is -2.10. The summed E-state index contributed by atoms with van der Waals surface area (Å²) in [5.74, 6) is 0.206. The molecule has 0 atom stereocenters. The van der Waals surface area contributed by atoms with Gasteiger partial charge in [-0.2, -0.15) is 4.98 Å². The molecule has 0 radical (unpaired) electrons. The summed E-state index contributed by atoms with van der Waals surface area (Å²) in [5, 5.41) is 0. The van der Waals surface area contributed by atoms with E-state index in [1.165, 1.54) is 7.11 Å². The van der Waals surface area contributed by atoms with Gasteiger partial charge in [-0.3, -0.25) is 0 Å². The van der Waals surface area contributed by atoms with Gasteiger partial charge in [0.15, 0.2) is 0 Å². The highest BCUT2D eigenvalue weighted by Gasteiger charge is 2.13. The number of nitrogens with zero attached hydrogens (tertiary/aromatic N) is 2. The molecule has 1 aromatic carbocycles. The second-order valence-corrected chi connectivity index (χ2v) is 4.24. The second-order valence-electron chi connectivity index (χ2n) is 4.24. The molecule has 0 aliphatic rings. The Bertz CT molecular complexity index is 656. The van der Waals surface area contributed by atoms with E-state index in [1.54, 1.807) is 31.2 Å². The van der Waals surface area contributed by atoms with Crippen LogP contribution in [-0.2, 0) is 4.74 Å². The van der Waals surface area contributed by atoms with E-state index in [2.05, 4.69) is 14.7 Å². The Hall–Kier alpha value is -2.63. The third kappa shape index (κ3) is 2.85. The molecule has 1 aromatic heterocycles. The van der Waals surface area contributed by atoms with Crippen LogP contribution in [0.25, 0.3) is 0 Å². The van der Waals surface area contributed by atoms with Crippen molar-refractivity contribution in [2.24, 2.45) is 0 Å². The number of aryl methyl sites for hydroxylation is 1. The molecule has 2 rings (SSSR count). The van der Waals surface area contributed by atoms with Crippen LogP contribution < -0.4 is 10.5 Å². The van der Waals surface area contributed by atoms with E-state index >= 15 is 0 Å². The Balaban J connectivity index is 2.36. The molecule has 6 heteroatoms. The number of carbonyl (C=O) groups excluding carboxylic acids is 1. The van der Waals surface area contributed by atoms with Crippen molar-refractivity contribution in [1.82, 2.24) is 9.97 Å². The zero-order chi connectivity index (χ0) is 14.7. The number of benzene rings is 1. The SMILES string of the molecule is COC(=O)c1nc(C)cc(Oc2cccc(N)c2C)n1. The Labute approximate surface area is 116 Å². The van der Waals surface area contributed by atoms with E-state index in [0.29, 0.717) is 17.1 Å². The van der Waals surface area contributed by atoms with E-state index in [9.17, 15) is 4.79 Å². The fourth-order valence-electron chi connectivity index (χ4n) is 1.63. The number of aromatic nitrogens is 2. The summed E-state index contributed by atoms with van der Waals surface area (Å²) in [4.78, 5) is 19.5. The fourth-order valence-corrected chi connectivity index (χ4v) is 1.63. The maximum atomic E-state index is 11.5. The largest absolute Gasteiger partial charge is 0.463 e. The van der Waals surface area contributed by atoms with Crippen molar-refractivity contribution in [1.29, 1.82) is 0 Å². The van der Waals surface area contributed by atoms with Crippen LogP contribution in [0.3, 0.4) is 0 Å². The molecule has 6 nitrogen and oxygen atoms in total. The van der Waals surface area contributed by atoms with Gasteiger partial charge < -0.3 is 15.2 Å². The number of ether oxygens (including phenoxy) is 2. The summed E-state index contributed by atoms with van der Waals surface area (Å²) in [7, 11) is 1.27. The van der Waals surface area contributed by atoms with Gasteiger partial charge in [0.05, 0.1) is 7.11 Å². The van der Waals surface area contributed by atoms with Crippen LogP contribution >= 0.6 is 0 Å². The highest BCUT2D eigenvalue weighted by atomic mass is 16.5. The topological polar surface area (TPSA) is 87.3 Å². The van der Waals surface area contributed by atoms with Crippen LogP contribution in [0.5, 0.6) is 11.6 Å². The van der Waals surface area contributed by atoms with Crippen LogP contribution in [0.1, 0.15) is 21.9 Å². The highest BCUT2D eigenvalue weighted by molar-refractivity contribution is 5.85. The van der Waals surface area contributed by atoms with Crippen molar-refractivity contribution in [3.05, 3.63) is 41.3 Å². The first-order valence-corrected chi connectivity index (χ1v) is 5.98. The predicted octanol–water partition coefficient (Wildman–Crippen LogP) is 2.25. The van der Waals surface area contributed by atoms with Gasteiger partial charge in [-0.15, -0.1) is 0 Å². The lowest BCUT2D eigenvalue weighted by atomic mass is 10.2. The maximum Gasteiger partial charge on any atom is 0.376 e. The van der Waals surface area contributed by atoms with Crippen molar-refractivity contribution in [3.8, 4) is 11.6 Å². The van der Waals surface area contributed by atoms with Crippen molar-refractivity contribution in [3.63, 3.8) is 0 Å². The van der Waals surface area contributed by atoms with E-state index in [4.69, 9.17) is 10.5 Å². The Morgan fingerprint density at radius 3 is 2.70 bits per heavy atom. The molecule has 2 N–H and O–H groups in total. The average Bonchev–Trinajstić information content (AvgIpc) is 2.42. The fraction of sp³-hybridized carbons (Fsp3) is 0.214. The number of carbonyl (C=O) groups is 1. The molecule has 104 valence electrons. The summed E-state index contributed by atoms with van der Waals surface area (Å²) in [5.41, 5.74) is 7.86. The van der Waals surface area contributed by atoms with Crippen LogP contribution in [0, 0.1) is 13.8 Å². The van der Waals surface area contributed by atoms with E-state index < -0.39 is 5.97 Å². The summed E-state index contributed by atoms with van der Waals surface area (Å²) in [6.45, 7) is 3.59. The van der Waals surface area contributed by atoms with Crippen molar-refractivity contribution < 1.29 is 14.3 Å². The number of nitrogens with two attached hydrogens (primary N) is 1. The first-order chi connectivity index (χ1) is 9.51. The normalized spacial score (nSPS) is 10.2. The van der Waals surface area contributed by atoms with Gasteiger partial charge in [0.25, 0.3) is 0 Å². The van der Waals surface area contributed by atoms with E-state index in [1.807, 2.05) is 6.92 Å². The van der Waals surface area contributed by atoms with Crippen LogP contribution in [0.4, 0.5) is 5.69 Å². The molecule has 0 spiro atoms. The molecule has 0 fully saturated rings. The summed E-state index contributed by atoms with van der Waals surface area (Å²) in [6, 6.07) is 6.98. The molecule has 0 bridgehead atoms. The van der Waals surface area contributed by atoms with Gasteiger partial charge in [0.1, 0.15) is 5.75 Å². The van der Waals surface area contributed by atoms with Crippen LogP contribution in [-0.4, -0.2) is 23.0 Å². The molecular weight excluding hydrogens is 258 g/mol. The van der Waals surface area contributed by atoms with Gasteiger partial charge in [0.2, 0.25) is 11.7 Å². The standard InChI is InChI=1S/C14H15N3O3/c1-8-7-12(17-13(16-8)14(18)19-3)20-11-6-4-5-10(15)9(11)2/h4-7H,15H2,1-3H3. The monoisotopic (exact) mass is 273 g/mol. The Kier molecular flexibility index (Phi) is 3.84. The molecular formula is C14H15N3O3. The first-order valence-electron chi connectivity index (χ1n) is 5.98. The molecule has 1 heterocycles. The van der Waals surface area contributed by atoms with Crippen molar-refractivity contribution >= 4 is 11.7 Å². The number of methoxy groups -OCH3 is 1. The predicted molar refractivity (Wildman–Crippen MR) is 73.8 cm³/mol. The second kappa shape index (κ2) is 5.56. The summed E-state index contributed by atoms with van der Waals surface area (Å²) < 4.78 is 10.3. The molecule has 20 heavy (non-hydrogen) atoms. The summed E-state index contributed by atoms with van der Waals surface area (Å²) >= 11 is 0. The number of hydrogen-bond acceptors (Lipinski definition) is 6. The van der Waals surface area contributed by atoms with Crippen molar-refractivity contribution in [2.75, 3.05) is 12.8 Å². The molecule has 0 amide bonds. The number of esters is 1. The minimum absolute atomic E-state index is 0.0379. The summed E-state index contributed by atoms with van der Waals surface area (Å²) in [6.07, 6.45) is 0. The van der Waals surface area contributed by atoms with Gasteiger partial charge in [-0.05, 0) is 26.0 Å². The molecule has 0 aliphatic carbocycles. The van der Waals surface area contributed by atoms with Crippen LogP contribution in [0.15, 0.2) is 24.3 Å². The van der Waals surface area contributed by atoms with Gasteiger partial charge in [-0.25, -0.2) is 9.78 Å². The maximum absolute atomic E-state index is 11.5. The Morgan fingerprint density at radius 2 is 2.00 bits per heavy atom. The third-order valence-corrected chi connectivity index (χ3v) is 2.74. The van der Waals surface area contributed by atoms with Gasteiger partial charge in [0, 0.05) is 23.0 Å². The molecule has 0 saturated heterocycles. The number of hydrogen-bond donors (Lipinski definition) is 1. The van der Waals surface area contributed by atoms with E-state index in [0.717, 1.165) is 5.56 Å². The Morgan fingerprint density at radius 1 is 1.25 bits per heavy atom. The molecule has 2 aromatic rings. The first kappa shape index (κ1) is 13.8. The zero-order valence-corrected chi connectivity index (χ0v) is 11.5.